The van der Waals surface area contributed by atoms with Crippen LogP contribution in [0.15, 0.2) is 18.2 Å². The molecule has 6 atom stereocenters. The largest absolute Gasteiger partial charge is 0.507 e. The number of ketones is 3. The number of nitrogens with two attached hydrogens (primary N) is 1. The Bertz CT molecular complexity index is 1380. The molecule has 1 fully saturated rings. The van der Waals surface area contributed by atoms with Gasteiger partial charge in [-0.3, -0.25) is 14.4 Å². The van der Waals surface area contributed by atoms with E-state index in [0.717, 1.165) is 0 Å². The zero-order valence-corrected chi connectivity index (χ0v) is 21.9. The molecular formula is C27H28ClNO10. The van der Waals surface area contributed by atoms with Crippen molar-refractivity contribution in [3.8, 4) is 17.2 Å². The molecule has 1 saturated heterocycles. The molecule has 0 bridgehead atoms. The van der Waals surface area contributed by atoms with E-state index in [1.807, 2.05) is 0 Å². The maximum absolute atomic E-state index is 13.7. The van der Waals surface area contributed by atoms with Gasteiger partial charge in [-0.05, 0) is 13.0 Å². The quantitative estimate of drug-likeness (QED) is 0.223. The number of aliphatic hydroxyl groups is 2. The lowest BCUT2D eigenvalue weighted by atomic mass is 9.72. The van der Waals surface area contributed by atoms with Crippen molar-refractivity contribution in [3.05, 3.63) is 51.6 Å². The minimum atomic E-state index is -2.12. The number of ether oxygens (including phenoxy) is 3. The fourth-order valence-corrected chi connectivity index (χ4v) is 5.98. The Balaban J connectivity index is 1.69. The standard InChI is InChI=1S/C27H28ClNO10/c1-10-22(31)13(29)6-17(38-10)39-15-8-27(36,16(30)9-28)7-12-19(15)26(35)21-20(24(12)33)23(32)11-4-3-5-14(37-2)18(11)25(21)34/h3-5,10,13,15,17,22,31,33,35-36H,6-9,29H2,1-2H3. The van der Waals surface area contributed by atoms with E-state index in [1.54, 1.807) is 6.92 Å². The molecule has 11 nitrogen and oxygen atoms in total. The molecule has 6 unspecified atom stereocenters. The third-order valence-corrected chi connectivity index (χ3v) is 8.03. The first kappa shape index (κ1) is 27.5. The normalized spacial score (nSPS) is 29.8. The number of alkyl halides is 1. The van der Waals surface area contributed by atoms with Crippen molar-refractivity contribution in [2.24, 2.45) is 5.73 Å². The van der Waals surface area contributed by atoms with Gasteiger partial charge >= 0.3 is 0 Å². The van der Waals surface area contributed by atoms with E-state index in [9.17, 15) is 34.8 Å². The van der Waals surface area contributed by atoms with Crippen LogP contribution < -0.4 is 10.5 Å². The van der Waals surface area contributed by atoms with Crippen LogP contribution in [0.25, 0.3) is 0 Å². The van der Waals surface area contributed by atoms with Crippen LogP contribution in [-0.2, 0) is 20.7 Å². The predicted octanol–water partition coefficient (Wildman–Crippen LogP) is 1.25. The number of fused-ring (bicyclic) bond motifs is 3. The Morgan fingerprint density at radius 2 is 1.87 bits per heavy atom. The molecule has 1 heterocycles. The number of hydrogen-bond donors (Lipinski definition) is 5. The molecule has 0 amide bonds. The molecular weight excluding hydrogens is 534 g/mol. The Kier molecular flexibility index (Phi) is 6.94. The van der Waals surface area contributed by atoms with Gasteiger partial charge in [0, 0.05) is 42.0 Å². The van der Waals surface area contributed by atoms with Gasteiger partial charge in [-0.1, -0.05) is 12.1 Å². The highest BCUT2D eigenvalue weighted by Gasteiger charge is 2.50. The van der Waals surface area contributed by atoms with Gasteiger partial charge in [0.2, 0.25) is 5.78 Å². The van der Waals surface area contributed by atoms with Gasteiger partial charge in [-0.2, -0.15) is 0 Å². The molecule has 39 heavy (non-hydrogen) atoms. The summed E-state index contributed by atoms with van der Waals surface area (Å²) in [5, 5.41) is 44.3. The molecule has 0 radical (unpaired) electrons. The molecule has 12 heteroatoms. The zero-order valence-electron chi connectivity index (χ0n) is 21.1. The van der Waals surface area contributed by atoms with Crippen LogP contribution in [-0.4, -0.2) is 80.9 Å². The Labute approximate surface area is 228 Å². The summed E-state index contributed by atoms with van der Waals surface area (Å²) in [4.78, 5) is 39.9. The molecule has 6 N–H and O–H groups in total. The number of benzene rings is 2. The minimum Gasteiger partial charge on any atom is -0.507 e. The topological polar surface area (TPSA) is 186 Å². The summed E-state index contributed by atoms with van der Waals surface area (Å²) in [6.45, 7) is 1.59. The van der Waals surface area contributed by atoms with Crippen molar-refractivity contribution in [1.29, 1.82) is 0 Å². The number of Topliss-reactive ketones (excluding diaryl/α,β-unsaturated/α-hetero) is 1. The first-order chi connectivity index (χ1) is 18.4. The summed E-state index contributed by atoms with van der Waals surface area (Å²) in [6.07, 6.45) is -4.83. The maximum Gasteiger partial charge on any atom is 0.202 e. The van der Waals surface area contributed by atoms with Crippen LogP contribution in [0.4, 0.5) is 0 Å². The molecule has 208 valence electrons. The summed E-state index contributed by atoms with van der Waals surface area (Å²) in [6, 6.07) is 3.69. The van der Waals surface area contributed by atoms with E-state index >= 15 is 0 Å². The molecule has 3 aliphatic rings. The number of halogens is 1. The second-order valence-corrected chi connectivity index (χ2v) is 10.4. The Hall–Kier alpha value is -3.06. The van der Waals surface area contributed by atoms with Gasteiger partial charge in [0.15, 0.2) is 17.9 Å². The zero-order chi connectivity index (χ0) is 28.4. The molecule has 2 aromatic carbocycles. The number of carbonyl (C=O) groups excluding carboxylic acids is 3. The summed E-state index contributed by atoms with van der Waals surface area (Å²) < 4.78 is 17.1. The van der Waals surface area contributed by atoms with E-state index in [2.05, 4.69) is 0 Å². The van der Waals surface area contributed by atoms with Crippen LogP contribution in [0.5, 0.6) is 17.2 Å². The average molecular weight is 562 g/mol. The van der Waals surface area contributed by atoms with Crippen LogP contribution >= 0.6 is 11.6 Å². The number of rotatable bonds is 5. The lowest BCUT2D eigenvalue weighted by Crippen LogP contribution is -2.52. The van der Waals surface area contributed by atoms with E-state index in [1.165, 1.54) is 25.3 Å². The molecule has 1 aliphatic heterocycles. The third kappa shape index (κ3) is 4.21. The van der Waals surface area contributed by atoms with Crippen molar-refractivity contribution in [3.63, 3.8) is 0 Å². The summed E-state index contributed by atoms with van der Waals surface area (Å²) >= 11 is 5.77. The lowest BCUT2D eigenvalue weighted by Gasteiger charge is -2.42. The molecule has 5 rings (SSSR count). The van der Waals surface area contributed by atoms with Crippen molar-refractivity contribution >= 4 is 29.0 Å². The van der Waals surface area contributed by atoms with E-state index in [4.69, 9.17) is 31.5 Å². The first-order valence-corrected chi connectivity index (χ1v) is 12.9. The van der Waals surface area contributed by atoms with Crippen molar-refractivity contribution in [2.45, 2.75) is 62.4 Å². The van der Waals surface area contributed by atoms with Crippen molar-refractivity contribution < 1.29 is 49.0 Å². The van der Waals surface area contributed by atoms with Gasteiger partial charge in [-0.25, -0.2) is 0 Å². The molecule has 0 spiro atoms. The predicted molar refractivity (Wildman–Crippen MR) is 135 cm³/mol. The smallest absolute Gasteiger partial charge is 0.202 e. The molecule has 0 aromatic heterocycles. The second-order valence-electron chi connectivity index (χ2n) is 10.1. The fraction of sp³-hybridized carbons (Fsp3) is 0.444. The molecule has 2 aliphatic carbocycles. The maximum atomic E-state index is 13.7. The van der Waals surface area contributed by atoms with Gasteiger partial charge in [0.1, 0.15) is 22.8 Å². The van der Waals surface area contributed by atoms with Gasteiger partial charge in [-0.15, -0.1) is 11.6 Å². The number of aromatic hydroxyl groups is 2. The van der Waals surface area contributed by atoms with Crippen molar-refractivity contribution in [2.75, 3.05) is 13.0 Å². The highest BCUT2D eigenvalue weighted by Crippen LogP contribution is 2.52. The summed E-state index contributed by atoms with van der Waals surface area (Å²) in [5.41, 5.74) is 2.69. The van der Waals surface area contributed by atoms with Crippen LogP contribution in [0.1, 0.15) is 68.8 Å². The van der Waals surface area contributed by atoms with Gasteiger partial charge in [0.25, 0.3) is 0 Å². The minimum absolute atomic E-state index is 0.0330. The highest BCUT2D eigenvalue weighted by molar-refractivity contribution is 6.31. The van der Waals surface area contributed by atoms with E-state index in [-0.39, 0.29) is 34.4 Å². The summed E-state index contributed by atoms with van der Waals surface area (Å²) in [7, 11) is 1.33. The Morgan fingerprint density at radius 3 is 2.51 bits per heavy atom. The Morgan fingerprint density at radius 1 is 1.18 bits per heavy atom. The highest BCUT2D eigenvalue weighted by atomic mass is 35.5. The first-order valence-electron chi connectivity index (χ1n) is 12.4. The van der Waals surface area contributed by atoms with Gasteiger partial charge in [0.05, 0.1) is 48.0 Å². The van der Waals surface area contributed by atoms with Crippen LogP contribution in [0, 0.1) is 0 Å². The number of carbonyl (C=O) groups is 3. The molecule has 0 saturated carbocycles. The third-order valence-electron chi connectivity index (χ3n) is 7.78. The summed E-state index contributed by atoms with van der Waals surface area (Å²) in [5.74, 6) is -3.99. The van der Waals surface area contributed by atoms with Crippen LogP contribution in [0.3, 0.4) is 0 Å². The van der Waals surface area contributed by atoms with E-state index < -0.39 is 94.9 Å². The number of phenolic OH excluding ortho intramolecular Hbond substituents is 2. The number of phenols is 2. The average Bonchev–Trinajstić information content (AvgIpc) is 2.90. The second kappa shape index (κ2) is 9.84. The van der Waals surface area contributed by atoms with Crippen molar-refractivity contribution in [1.82, 2.24) is 0 Å². The molecule has 2 aromatic rings. The van der Waals surface area contributed by atoms with Gasteiger partial charge < -0.3 is 40.4 Å². The number of hydrogen-bond acceptors (Lipinski definition) is 11. The number of aliphatic hydroxyl groups excluding tert-OH is 1. The number of methoxy groups -OCH3 is 1. The monoisotopic (exact) mass is 561 g/mol. The van der Waals surface area contributed by atoms with Crippen LogP contribution in [0.2, 0.25) is 0 Å². The van der Waals surface area contributed by atoms with E-state index in [0.29, 0.717) is 0 Å². The lowest BCUT2D eigenvalue weighted by molar-refractivity contribution is -0.247. The fourth-order valence-electron chi connectivity index (χ4n) is 5.73. The SMILES string of the molecule is COc1cccc2c1C(=O)c1c(O)c3c(c(O)c1C2=O)CC(O)(C(=O)CCl)CC3OC1CC(N)C(O)C(C)O1.